The highest BCUT2D eigenvalue weighted by atomic mass is 16.5. The Hall–Kier alpha value is -2.47. The van der Waals surface area contributed by atoms with Gasteiger partial charge in [0.1, 0.15) is 12.1 Å². The summed E-state index contributed by atoms with van der Waals surface area (Å²) in [4.78, 5) is 11.3. The number of benzene rings is 1. The van der Waals surface area contributed by atoms with E-state index in [0.29, 0.717) is 0 Å². The zero-order valence-corrected chi connectivity index (χ0v) is 15.1. The van der Waals surface area contributed by atoms with Crippen LogP contribution in [0.3, 0.4) is 0 Å². The lowest BCUT2D eigenvalue weighted by Crippen LogP contribution is -2.45. The molecule has 0 saturated carbocycles. The molecular weight excluding hydrogens is 314 g/mol. The van der Waals surface area contributed by atoms with Crippen LogP contribution >= 0.6 is 0 Å². The molecule has 0 unspecified atom stereocenters. The van der Waals surface area contributed by atoms with Gasteiger partial charge in [-0.1, -0.05) is 17.7 Å². The average molecular weight is 337 g/mol. The Labute approximate surface area is 147 Å². The van der Waals surface area contributed by atoms with Crippen LogP contribution < -0.4 is 4.90 Å². The largest absolute Gasteiger partial charge is 0.372 e. The maximum atomic E-state index is 5.85. The maximum Gasteiger partial charge on any atom is 0.168 e. The molecule has 0 aliphatic carbocycles. The van der Waals surface area contributed by atoms with E-state index in [4.69, 9.17) is 4.74 Å². The van der Waals surface area contributed by atoms with Gasteiger partial charge in [-0.3, -0.25) is 0 Å². The molecule has 25 heavy (non-hydrogen) atoms. The second kappa shape index (κ2) is 6.11. The first-order valence-corrected chi connectivity index (χ1v) is 8.69. The van der Waals surface area contributed by atoms with Crippen LogP contribution in [0.4, 0.5) is 5.82 Å². The summed E-state index contributed by atoms with van der Waals surface area (Å²) in [5, 5.41) is 5.58. The van der Waals surface area contributed by atoms with Crippen LogP contribution in [0.1, 0.15) is 25.0 Å². The molecule has 6 nitrogen and oxygen atoms in total. The minimum absolute atomic E-state index is 0.183. The van der Waals surface area contributed by atoms with Crippen LogP contribution in [0.2, 0.25) is 0 Å². The molecule has 3 aromatic rings. The molecule has 1 aliphatic heterocycles. The molecule has 2 atom stereocenters. The average Bonchev–Trinajstić information content (AvgIpc) is 2.98. The van der Waals surface area contributed by atoms with E-state index < -0.39 is 0 Å². The van der Waals surface area contributed by atoms with Gasteiger partial charge < -0.3 is 9.64 Å². The monoisotopic (exact) mass is 337 g/mol. The Morgan fingerprint density at radius 3 is 2.56 bits per heavy atom. The van der Waals surface area contributed by atoms with Gasteiger partial charge in [0.25, 0.3) is 0 Å². The van der Waals surface area contributed by atoms with E-state index in [1.54, 1.807) is 6.33 Å². The predicted molar refractivity (Wildman–Crippen MR) is 98.4 cm³/mol. The van der Waals surface area contributed by atoms with E-state index in [0.717, 1.165) is 35.6 Å². The molecule has 3 heterocycles. The topological polar surface area (TPSA) is 56.1 Å². The summed E-state index contributed by atoms with van der Waals surface area (Å²) in [5.41, 5.74) is 4.31. The van der Waals surface area contributed by atoms with Crippen LogP contribution in [0.15, 0.2) is 30.7 Å². The number of rotatable bonds is 2. The van der Waals surface area contributed by atoms with Crippen molar-refractivity contribution in [2.45, 2.75) is 39.9 Å². The summed E-state index contributed by atoms with van der Waals surface area (Å²) in [6.07, 6.45) is 3.87. The molecule has 0 bridgehead atoms. The van der Waals surface area contributed by atoms with Crippen molar-refractivity contribution >= 4 is 16.9 Å². The molecular formula is C19H23N5O. The maximum absolute atomic E-state index is 5.85. The number of aromatic nitrogens is 4. The number of fused-ring (bicyclic) bond motifs is 1. The molecule has 1 aromatic carbocycles. The van der Waals surface area contributed by atoms with Gasteiger partial charge in [0, 0.05) is 13.1 Å². The first kappa shape index (κ1) is 16.0. The summed E-state index contributed by atoms with van der Waals surface area (Å²) < 4.78 is 7.75. The van der Waals surface area contributed by atoms with Crippen molar-refractivity contribution in [1.29, 1.82) is 0 Å². The van der Waals surface area contributed by atoms with Crippen molar-refractivity contribution in [3.63, 3.8) is 0 Å². The Bertz CT molecular complexity index is 909. The van der Waals surface area contributed by atoms with E-state index in [1.807, 2.05) is 10.9 Å². The Morgan fingerprint density at radius 2 is 1.84 bits per heavy atom. The first-order chi connectivity index (χ1) is 12.0. The van der Waals surface area contributed by atoms with Crippen molar-refractivity contribution in [2.75, 3.05) is 18.0 Å². The van der Waals surface area contributed by atoms with Gasteiger partial charge in [0.15, 0.2) is 5.65 Å². The minimum atomic E-state index is 0.183. The van der Waals surface area contributed by atoms with E-state index in [1.165, 1.54) is 11.1 Å². The molecule has 0 spiro atoms. The molecule has 1 aliphatic rings. The predicted octanol–water partition coefficient (Wildman–Crippen LogP) is 3.05. The third kappa shape index (κ3) is 2.87. The van der Waals surface area contributed by atoms with Crippen molar-refractivity contribution in [1.82, 2.24) is 19.7 Å². The van der Waals surface area contributed by atoms with E-state index in [9.17, 15) is 0 Å². The molecule has 1 saturated heterocycles. The van der Waals surface area contributed by atoms with Gasteiger partial charge in [0.2, 0.25) is 0 Å². The highest BCUT2D eigenvalue weighted by Crippen LogP contribution is 2.28. The van der Waals surface area contributed by atoms with Crippen molar-refractivity contribution < 1.29 is 4.74 Å². The van der Waals surface area contributed by atoms with Gasteiger partial charge in [-0.25, -0.2) is 14.6 Å². The molecule has 130 valence electrons. The van der Waals surface area contributed by atoms with Crippen LogP contribution in [-0.4, -0.2) is 45.0 Å². The van der Waals surface area contributed by atoms with Gasteiger partial charge in [0.05, 0.1) is 29.5 Å². The van der Waals surface area contributed by atoms with Gasteiger partial charge in [-0.05, 0) is 39.3 Å². The Morgan fingerprint density at radius 1 is 1.08 bits per heavy atom. The molecule has 0 radical (unpaired) electrons. The molecule has 0 N–H and O–H groups in total. The van der Waals surface area contributed by atoms with Crippen LogP contribution in [0.25, 0.3) is 16.7 Å². The van der Waals surface area contributed by atoms with Gasteiger partial charge >= 0.3 is 0 Å². The van der Waals surface area contributed by atoms with Gasteiger partial charge in [-0.2, -0.15) is 5.10 Å². The SMILES string of the molecule is Cc1ccc(-n2ncc3c(N4C[C@@H](C)O[C@H](C)C4)ncnc32)c(C)c1. The third-order valence-electron chi connectivity index (χ3n) is 4.64. The van der Waals surface area contributed by atoms with Crippen molar-refractivity contribution in [3.8, 4) is 5.69 Å². The normalized spacial score (nSPS) is 21.0. The zero-order chi connectivity index (χ0) is 17.6. The molecule has 6 heteroatoms. The number of morpholine rings is 1. The summed E-state index contributed by atoms with van der Waals surface area (Å²) in [6, 6.07) is 6.36. The quantitative estimate of drug-likeness (QED) is 0.719. The molecule has 0 amide bonds. The lowest BCUT2D eigenvalue weighted by molar-refractivity contribution is -0.00537. The molecule has 4 rings (SSSR count). The number of aryl methyl sites for hydroxylation is 2. The number of hydrogen-bond acceptors (Lipinski definition) is 5. The van der Waals surface area contributed by atoms with Crippen LogP contribution in [-0.2, 0) is 4.74 Å². The zero-order valence-electron chi connectivity index (χ0n) is 15.1. The van der Waals surface area contributed by atoms with Gasteiger partial charge in [-0.15, -0.1) is 0 Å². The smallest absolute Gasteiger partial charge is 0.168 e. The fraction of sp³-hybridized carbons (Fsp3) is 0.421. The number of ether oxygens (including phenoxy) is 1. The van der Waals surface area contributed by atoms with E-state index in [-0.39, 0.29) is 12.2 Å². The Balaban J connectivity index is 1.81. The second-order valence-corrected chi connectivity index (χ2v) is 6.94. The second-order valence-electron chi connectivity index (χ2n) is 6.94. The van der Waals surface area contributed by atoms with Crippen LogP contribution in [0, 0.1) is 13.8 Å². The minimum Gasteiger partial charge on any atom is -0.372 e. The highest BCUT2D eigenvalue weighted by molar-refractivity contribution is 5.87. The number of nitrogens with zero attached hydrogens (tertiary/aromatic N) is 5. The number of hydrogen-bond donors (Lipinski definition) is 0. The van der Waals surface area contributed by atoms with Crippen molar-refractivity contribution in [2.24, 2.45) is 0 Å². The number of anilines is 1. The summed E-state index contributed by atoms with van der Waals surface area (Å²) in [5.74, 6) is 0.933. The molecule has 2 aromatic heterocycles. The highest BCUT2D eigenvalue weighted by Gasteiger charge is 2.25. The summed E-state index contributed by atoms with van der Waals surface area (Å²) in [6.45, 7) is 10.0. The lowest BCUT2D eigenvalue weighted by Gasteiger charge is -2.36. The lowest BCUT2D eigenvalue weighted by atomic mass is 10.1. The fourth-order valence-electron chi connectivity index (χ4n) is 3.65. The Kier molecular flexibility index (Phi) is 3.92. The molecule has 1 fully saturated rings. The first-order valence-electron chi connectivity index (χ1n) is 8.69. The van der Waals surface area contributed by atoms with Crippen LogP contribution in [0.5, 0.6) is 0 Å². The van der Waals surface area contributed by atoms with E-state index in [2.05, 4.69) is 65.9 Å². The summed E-state index contributed by atoms with van der Waals surface area (Å²) >= 11 is 0. The fourth-order valence-corrected chi connectivity index (χ4v) is 3.65. The summed E-state index contributed by atoms with van der Waals surface area (Å²) in [7, 11) is 0. The van der Waals surface area contributed by atoms with E-state index >= 15 is 0 Å². The standard InChI is InChI=1S/C19H23N5O/c1-12-5-6-17(13(2)7-12)24-19-16(8-22-24)18(20-11-21-19)23-9-14(3)25-15(4)10-23/h5-8,11,14-15H,9-10H2,1-4H3/t14-,15-/m1/s1. The third-order valence-corrected chi connectivity index (χ3v) is 4.64. The van der Waals surface area contributed by atoms with Crippen molar-refractivity contribution in [3.05, 3.63) is 41.9 Å².